The lowest BCUT2D eigenvalue weighted by molar-refractivity contribution is -0.142. The molecule has 0 aliphatic carbocycles. The molecule has 3 aromatic carbocycles. The van der Waals surface area contributed by atoms with Crippen LogP contribution in [0.2, 0.25) is 0 Å². The highest BCUT2D eigenvalue weighted by Gasteiger charge is 2.54. The van der Waals surface area contributed by atoms with Gasteiger partial charge in [0.1, 0.15) is 11.2 Å². The Balaban J connectivity index is 1.63. The van der Waals surface area contributed by atoms with Gasteiger partial charge in [-0.05, 0) is 50.3 Å². The maximum atomic E-state index is 13.3. The zero-order valence-electron chi connectivity index (χ0n) is 21.0. The number of imide groups is 1. The summed E-state index contributed by atoms with van der Waals surface area (Å²) in [5.41, 5.74) is 4.40. The number of nitrogens with zero attached hydrogens (tertiary/aromatic N) is 4. The number of nitrogens with one attached hydrogen (secondary N) is 1. The Morgan fingerprint density at radius 3 is 2.41 bits per heavy atom. The molecule has 4 aromatic rings. The van der Waals surface area contributed by atoms with Crippen LogP contribution in [0.25, 0.3) is 22.0 Å². The molecule has 0 radical (unpaired) electrons. The summed E-state index contributed by atoms with van der Waals surface area (Å²) in [7, 11) is 4.12. The van der Waals surface area contributed by atoms with Crippen molar-refractivity contribution in [1.82, 2.24) is 19.6 Å². The van der Waals surface area contributed by atoms with E-state index in [0.29, 0.717) is 12.2 Å². The van der Waals surface area contributed by atoms with E-state index in [1.165, 1.54) is 17.1 Å². The lowest BCUT2D eigenvalue weighted by Crippen LogP contribution is -2.52. The third-order valence-corrected chi connectivity index (χ3v) is 7.31. The molecule has 0 spiro atoms. The fraction of sp³-hybridized carbons (Fsp3) is 0.233. The highest BCUT2D eigenvalue weighted by atomic mass is 16.2. The van der Waals surface area contributed by atoms with Crippen LogP contribution in [0, 0.1) is 0 Å². The molecule has 1 unspecified atom stereocenters. The van der Waals surface area contributed by atoms with Crippen molar-refractivity contribution in [3.8, 4) is 11.1 Å². The number of benzene rings is 3. The lowest BCUT2D eigenvalue weighted by atomic mass is 9.80. The number of carbonyl (C=O) groups excluding carboxylic acids is 2. The first-order valence-electron chi connectivity index (χ1n) is 12.6. The molecule has 0 fully saturated rings. The zero-order chi connectivity index (χ0) is 25.6. The molecule has 37 heavy (non-hydrogen) atoms. The fourth-order valence-corrected chi connectivity index (χ4v) is 5.73. The van der Waals surface area contributed by atoms with E-state index in [0.717, 1.165) is 52.8 Å². The van der Waals surface area contributed by atoms with E-state index in [-0.39, 0.29) is 11.8 Å². The highest BCUT2D eigenvalue weighted by molar-refractivity contribution is 6.14. The third-order valence-electron chi connectivity index (χ3n) is 7.31. The van der Waals surface area contributed by atoms with Crippen molar-refractivity contribution in [1.29, 1.82) is 0 Å². The van der Waals surface area contributed by atoms with E-state index in [9.17, 15) is 9.59 Å². The van der Waals surface area contributed by atoms with Gasteiger partial charge in [-0.25, -0.2) is 0 Å². The van der Waals surface area contributed by atoms with Gasteiger partial charge in [0, 0.05) is 41.9 Å². The molecule has 7 heteroatoms. The number of rotatable bonds is 7. The summed E-state index contributed by atoms with van der Waals surface area (Å²) in [6.07, 6.45) is 3.66. The standard InChI is InChI=1S/C30H29N5O2/c1-33(2)18-9-19-34-25-15-7-6-12-23(25)29(32-34)30(35-26(36)16-17-27(35)37)20-31-24-14-8-13-22(28(24)30)21-10-4-3-5-11-21/h3-8,10-17,31H,9,18-20H2,1-2H3. The zero-order valence-corrected chi connectivity index (χ0v) is 21.0. The van der Waals surface area contributed by atoms with Crippen LogP contribution in [0.15, 0.2) is 84.9 Å². The van der Waals surface area contributed by atoms with Crippen LogP contribution in [0.3, 0.4) is 0 Å². The molecule has 0 saturated carbocycles. The van der Waals surface area contributed by atoms with Gasteiger partial charge in [0.05, 0.1) is 5.52 Å². The van der Waals surface area contributed by atoms with Crippen LogP contribution in [-0.2, 0) is 21.7 Å². The van der Waals surface area contributed by atoms with Gasteiger partial charge in [-0.2, -0.15) is 5.10 Å². The van der Waals surface area contributed by atoms with Crippen molar-refractivity contribution in [2.24, 2.45) is 0 Å². The van der Waals surface area contributed by atoms with Crippen LogP contribution in [0.1, 0.15) is 17.7 Å². The Kier molecular flexibility index (Phi) is 5.65. The molecule has 2 amide bonds. The Morgan fingerprint density at radius 1 is 0.919 bits per heavy atom. The predicted octanol–water partition coefficient (Wildman–Crippen LogP) is 4.25. The number of carbonyl (C=O) groups is 2. The minimum absolute atomic E-state index is 0.325. The van der Waals surface area contributed by atoms with Crippen molar-refractivity contribution in [3.05, 3.63) is 96.2 Å². The van der Waals surface area contributed by atoms with Crippen LogP contribution >= 0.6 is 0 Å². The molecule has 1 N–H and O–H groups in total. The topological polar surface area (TPSA) is 70.5 Å². The maximum Gasteiger partial charge on any atom is 0.254 e. The molecule has 0 bridgehead atoms. The smallest absolute Gasteiger partial charge is 0.254 e. The van der Waals surface area contributed by atoms with Crippen LogP contribution in [0.4, 0.5) is 5.69 Å². The number of fused-ring (bicyclic) bond motifs is 2. The molecular formula is C30H29N5O2. The van der Waals surface area contributed by atoms with E-state index in [4.69, 9.17) is 5.10 Å². The van der Waals surface area contributed by atoms with E-state index < -0.39 is 5.54 Å². The van der Waals surface area contributed by atoms with Crippen LogP contribution < -0.4 is 5.32 Å². The number of hydrogen-bond acceptors (Lipinski definition) is 5. The van der Waals surface area contributed by atoms with E-state index in [1.807, 2.05) is 53.2 Å². The summed E-state index contributed by atoms with van der Waals surface area (Å²) < 4.78 is 2.03. The minimum Gasteiger partial charge on any atom is -0.382 e. The largest absolute Gasteiger partial charge is 0.382 e. The van der Waals surface area contributed by atoms with Crippen molar-refractivity contribution in [3.63, 3.8) is 0 Å². The van der Waals surface area contributed by atoms with E-state index in [2.05, 4.69) is 48.6 Å². The first-order valence-corrected chi connectivity index (χ1v) is 12.6. The van der Waals surface area contributed by atoms with Crippen molar-refractivity contribution in [2.45, 2.75) is 18.5 Å². The number of aryl methyl sites for hydroxylation is 1. The molecule has 3 heterocycles. The Labute approximate surface area is 216 Å². The summed E-state index contributed by atoms with van der Waals surface area (Å²) in [6, 6.07) is 24.3. The molecule has 1 aromatic heterocycles. The Morgan fingerprint density at radius 2 is 1.65 bits per heavy atom. The van der Waals surface area contributed by atoms with Gasteiger partial charge in [0.25, 0.3) is 11.8 Å². The number of hydrogen-bond donors (Lipinski definition) is 1. The first-order chi connectivity index (χ1) is 18.0. The van der Waals surface area contributed by atoms with Crippen LogP contribution in [-0.4, -0.2) is 58.6 Å². The number of amides is 2. The van der Waals surface area contributed by atoms with E-state index in [1.54, 1.807) is 0 Å². The maximum absolute atomic E-state index is 13.3. The lowest BCUT2D eigenvalue weighted by Gasteiger charge is -2.37. The van der Waals surface area contributed by atoms with Gasteiger partial charge in [-0.15, -0.1) is 0 Å². The second kappa shape index (κ2) is 9.01. The van der Waals surface area contributed by atoms with Gasteiger partial charge < -0.3 is 10.2 Å². The van der Waals surface area contributed by atoms with E-state index >= 15 is 0 Å². The monoisotopic (exact) mass is 491 g/mol. The average molecular weight is 492 g/mol. The SMILES string of the molecule is CN(C)CCCn1nc(C2(N3C(=O)C=CC3=O)CNc3cccc(-c4ccccc4)c32)c2ccccc21. The molecule has 2 aliphatic heterocycles. The molecule has 2 aliphatic rings. The second-order valence-electron chi connectivity index (χ2n) is 9.90. The normalized spacial score (nSPS) is 18.7. The molecule has 6 rings (SSSR count). The number of para-hydroxylation sites is 1. The average Bonchev–Trinajstić information content (AvgIpc) is 3.58. The van der Waals surface area contributed by atoms with Gasteiger partial charge >= 0.3 is 0 Å². The first kappa shape index (κ1) is 23.2. The summed E-state index contributed by atoms with van der Waals surface area (Å²) >= 11 is 0. The van der Waals surface area contributed by atoms with Crippen molar-refractivity contribution in [2.75, 3.05) is 32.5 Å². The van der Waals surface area contributed by atoms with Gasteiger partial charge in [0.15, 0.2) is 0 Å². The summed E-state index contributed by atoms with van der Waals surface area (Å²) in [5, 5.41) is 9.63. The molecule has 186 valence electrons. The molecule has 7 nitrogen and oxygen atoms in total. The van der Waals surface area contributed by atoms with Crippen molar-refractivity contribution < 1.29 is 9.59 Å². The highest BCUT2D eigenvalue weighted by Crippen LogP contribution is 2.51. The fourth-order valence-electron chi connectivity index (χ4n) is 5.73. The Bertz CT molecular complexity index is 1520. The van der Waals surface area contributed by atoms with Crippen molar-refractivity contribution >= 4 is 28.4 Å². The number of anilines is 1. The summed E-state index contributed by atoms with van der Waals surface area (Å²) in [4.78, 5) is 30.3. The summed E-state index contributed by atoms with van der Waals surface area (Å²) in [5.74, 6) is -0.650. The van der Waals surface area contributed by atoms with Gasteiger partial charge in [-0.1, -0.05) is 60.7 Å². The van der Waals surface area contributed by atoms with Gasteiger partial charge in [0.2, 0.25) is 0 Å². The number of aromatic nitrogens is 2. The predicted molar refractivity (Wildman–Crippen MR) is 145 cm³/mol. The molecule has 1 atom stereocenters. The minimum atomic E-state index is -1.11. The third kappa shape index (κ3) is 3.65. The quantitative estimate of drug-likeness (QED) is 0.392. The molecule has 0 saturated heterocycles. The Hall–Kier alpha value is -4.23. The summed E-state index contributed by atoms with van der Waals surface area (Å²) in [6.45, 7) is 2.02. The van der Waals surface area contributed by atoms with Crippen LogP contribution in [0.5, 0.6) is 0 Å². The van der Waals surface area contributed by atoms with Gasteiger partial charge in [-0.3, -0.25) is 19.2 Å². The molecular weight excluding hydrogens is 462 g/mol. The second-order valence-corrected chi connectivity index (χ2v) is 9.90.